The van der Waals surface area contributed by atoms with E-state index in [0.717, 1.165) is 53.7 Å². The number of aliphatic imine (C=N–C) groups is 1. The lowest BCUT2D eigenvalue weighted by Crippen LogP contribution is -2.24. The van der Waals surface area contributed by atoms with Gasteiger partial charge >= 0.3 is 0 Å². The Kier molecular flexibility index (Phi) is 8.37. The second-order valence-electron chi connectivity index (χ2n) is 10.4. The van der Waals surface area contributed by atoms with E-state index in [4.69, 9.17) is 14.9 Å². The molecule has 0 amide bonds. The Balaban J connectivity index is 1.50. The number of furan rings is 1. The average Bonchev–Trinajstić information content (AvgIpc) is 3.67. The number of imidazole rings is 1. The fraction of sp³-hybridized carbons (Fsp3) is 0.303. The Morgan fingerprint density at radius 3 is 2.68 bits per heavy atom. The van der Waals surface area contributed by atoms with Gasteiger partial charge in [0.2, 0.25) is 5.88 Å². The van der Waals surface area contributed by atoms with Crippen molar-refractivity contribution in [3.05, 3.63) is 107 Å². The third-order valence-electron chi connectivity index (χ3n) is 7.64. The summed E-state index contributed by atoms with van der Waals surface area (Å²) < 4.78 is 14.2. The van der Waals surface area contributed by atoms with E-state index in [-0.39, 0.29) is 5.88 Å². The molecule has 0 saturated carbocycles. The molecule has 3 heterocycles. The topological polar surface area (TPSA) is 114 Å². The SMILES string of the molecule is CCCNCCC(C)c1ccc2oc(C(=NC)C3=C(C)OC(N)=C(C#N)C3c3ccc(-n4ccnc4)cc3)cc2c1. The molecule has 2 atom stereocenters. The summed E-state index contributed by atoms with van der Waals surface area (Å²) in [6.07, 6.45) is 7.57. The summed E-state index contributed by atoms with van der Waals surface area (Å²) in [5, 5.41) is 14.6. The maximum absolute atomic E-state index is 10.1. The van der Waals surface area contributed by atoms with E-state index in [0.29, 0.717) is 28.7 Å². The van der Waals surface area contributed by atoms with Crippen LogP contribution in [0.5, 0.6) is 0 Å². The van der Waals surface area contributed by atoms with Crippen LogP contribution in [0.3, 0.4) is 0 Å². The van der Waals surface area contributed by atoms with E-state index in [1.807, 2.05) is 54.1 Å². The standard InChI is InChI=1S/C33H36N6O2/c1-5-13-37-14-12-21(2)24-8-11-28-25(17-24)18-29(41-28)32(36-4)30-22(3)40-33(35)27(19-34)31(30)23-6-9-26(10-7-23)39-16-15-38-20-39/h6-11,15-18,20-21,31,37H,5,12-14,35H2,1-4H3. The number of ether oxygens (including phenoxy) is 1. The Morgan fingerprint density at radius 1 is 1.20 bits per heavy atom. The summed E-state index contributed by atoms with van der Waals surface area (Å²) in [4.78, 5) is 8.79. The van der Waals surface area contributed by atoms with Crippen LogP contribution in [0.25, 0.3) is 16.7 Å². The third kappa shape index (κ3) is 5.67. The van der Waals surface area contributed by atoms with Crippen molar-refractivity contribution in [2.45, 2.75) is 45.4 Å². The highest BCUT2D eigenvalue weighted by Crippen LogP contribution is 2.41. The van der Waals surface area contributed by atoms with Gasteiger partial charge in [-0.05, 0) is 80.2 Å². The molecule has 0 radical (unpaired) electrons. The molecular formula is C33H36N6O2. The smallest absolute Gasteiger partial charge is 0.205 e. The lowest BCUT2D eigenvalue weighted by atomic mass is 9.80. The largest absolute Gasteiger partial charge is 0.454 e. The summed E-state index contributed by atoms with van der Waals surface area (Å²) in [5.74, 6) is 1.25. The van der Waals surface area contributed by atoms with Gasteiger partial charge in [-0.2, -0.15) is 5.26 Å². The lowest BCUT2D eigenvalue weighted by Gasteiger charge is -2.28. The van der Waals surface area contributed by atoms with Crippen molar-refractivity contribution < 1.29 is 9.15 Å². The van der Waals surface area contributed by atoms with Crippen molar-refractivity contribution in [3.8, 4) is 11.8 Å². The molecule has 0 aliphatic carbocycles. The Labute approximate surface area is 240 Å². The molecule has 3 N–H and O–H groups in total. The molecule has 2 unspecified atom stereocenters. The molecule has 0 saturated heterocycles. The van der Waals surface area contributed by atoms with Crippen LogP contribution in [-0.2, 0) is 4.74 Å². The van der Waals surface area contributed by atoms with Gasteiger partial charge in [-0.25, -0.2) is 4.98 Å². The summed E-state index contributed by atoms with van der Waals surface area (Å²) in [6, 6.07) is 18.7. The Morgan fingerprint density at radius 2 is 2.00 bits per heavy atom. The molecule has 41 heavy (non-hydrogen) atoms. The van der Waals surface area contributed by atoms with Crippen molar-refractivity contribution in [2.24, 2.45) is 10.7 Å². The number of benzene rings is 2. The Bertz CT molecular complexity index is 1650. The van der Waals surface area contributed by atoms with Gasteiger partial charge in [0.05, 0.1) is 12.2 Å². The number of rotatable bonds is 10. The number of hydrogen-bond acceptors (Lipinski definition) is 7. The molecular weight excluding hydrogens is 512 g/mol. The number of fused-ring (bicyclic) bond motifs is 1. The molecule has 2 aromatic carbocycles. The van der Waals surface area contributed by atoms with Crippen molar-refractivity contribution in [1.29, 1.82) is 5.26 Å². The van der Waals surface area contributed by atoms with Gasteiger partial charge in [0.15, 0.2) is 5.76 Å². The van der Waals surface area contributed by atoms with Crippen LogP contribution in [0.4, 0.5) is 0 Å². The summed E-state index contributed by atoms with van der Waals surface area (Å²) in [6.45, 7) is 8.32. The second-order valence-corrected chi connectivity index (χ2v) is 10.4. The van der Waals surface area contributed by atoms with E-state index in [1.165, 1.54) is 5.56 Å². The molecule has 2 aromatic heterocycles. The van der Waals surface area contributed by atoms with Gasteiger partial charge in [0.1, 0.15) is 28.7 Å². The zero-order valence-corrected chi connectivity index (χ0v) is 24.0. The number of aromatic nitrogens is 2. The molecule has 8 nitrogen and oxygen atoms in total. The minimum absolute atomic E-state index is 0.101. The number of hydrogen-bond donors (Lipinski definition) is 2. The molecule has 0 fully saturated rings. The quantitative estimate of drug-likeness (QED) is 0.177. The fourth-order valence-corrected chi connectivity index (χ4v) is 5.41. The highest BCUT2D eigenvalue weighted by molar-refractivity contribution is 6.14. The minimum Gasteiger partial charge on any atom is -0.454 e. The number of nitrogens with zero attached hydrogens (tertiary/aromatic N) is 4. The molecule has 0 bridgehead atoms. The zero-order valence-electron chi connectivity index (χ0n) is 24.0. The van der Waals surface area contributed by atoms with Crippen LogP contribution in [0, 0.1) is 11.3 Å². The maximum Gasteiger partial charge on any atom is 0.205 e. The van der Waals surface area contributed by atoms with Gasteiger partial charge in [0, 0.05) is 36.1 Å². The number of allylic oxidation sites excluding steroid dienone is 3. The van der Waals surface area contributed by atoms with E-state index >= 15 is 0 Å². The van der Waals surface area contributed by atoms with Crippen molar-refractivity contribution >= 4 is 16.7 Å². The number of nitrogens with one attached hydrogen (secondary N) is 1. The first kappa shape index (κ1) is 27.9. The summed E-state index contributed by atoms with van der Waals surface area (Å²) in [5.41, 5.74) is 11.9. The number of nitrogens with two attached hydrogens (primary N) is 1. The predicted octanol–water partition coefficient (Wildman–Crippen LogP) is 6.31. The van der Waals surface area contributed by atoms with E-state index in [9.17, 15) is 5.26 Å². The van der Waals surface area contributed by atoms with Crippen molar-refractivity contribution in [1.82, 2.24) is 14.9 Å². The minimum atomic E-state index is -0.469. The first-order valence-corrected chi connectivity index (χ1v) is 14.0. The molecule has 4 aromatic rings. The van der Waals surface area contributed by atoms with Crippen LogP contribution in [0.15, 0.2) is 99.4 Å². The van der Waals surface area contributed by atoms with Crippen LogP contribution in [0.1, 0.15) is 62.3 Å². The Hall–Kier alpha value is -4.61. The van der Waals surface area contributed by atoms with E-state index in [2.05, 4.69) is 47.3 Å². The fourth-order valence-electron chi connectivity index (χ4n) is 5.41. The van der Waals surface area contributed by atoms with Crippen LogP contribution in [0.2, 0.25) is 0 Å². The van der Waals surface area contributed by atoms with Crippen LogP contribution in [-0.4, -0.2) is 35.4 Å². The summed E-state index contributed by atoms with van der Waals surface area (Å²) >= 11 is 0. The second kappa shape index (κ2) is 12.3. The van der Waals surface area contributed by atoms with Crippen LogP contribution >= 0.6 is 0 Å². The van der Waals surface area contributed by atoms with Crippen molar-refractivity contribution in [2.75, 3.05) is 20.1 Å². The average molecular weight is 549 g/mol. The zero-order chi connectivity index (χ0) is 28.9. The van der Waals surface area contributed by atoms with Gasteiger partial charge in [0.25, 0.3) is 0 Å². The molecule has 0 spiro atoms. The van der Waals surface area contributed by atoms with E-state index in [1.54, 1.807) is 19.6 Å². The first-order valence-electron chi connectivity index (χ1n) is 14.0. The van der Waals surface area contributed by atoms with Crippen LogP contribution < -0.4 is 11.1 Å². The molecule has 210 valence electrons. The van der Waals surface area contributed by atoms with Crippen molar-refractivity contribution in [3.63, 3.8) is 0 Å². The monoisotopic (exact) mass is 548 g/mol. The van der Waals surface area contributed by atoms with E-state index < -0.39 is 5.92 Å². The highest BCUT2D eigenvalue weighted by atomic mass is 16.5. The first-order chi connectivity index (χ1) is 19.9. The molecule has 1 aliphatic rings. The molecule has 1 aliphatic heterocycles. The highest BCUT2D eigenvalue weighted by Gasteiger charge is 2.35. The normalized spacial score (nSPS) is 16.7. The van der Waals surface area contributed by atoms with Gasteiger partial charge in [-0.1, -0.05) is 32.0 Å². The molecule has 5 rings (SSSR count). The maximum atomic E-state index is 10.1. The predicted molar refractivity (Wildman–Crippen MR) is 162 cm³/mol. The van der Waals surface area contributed by atoms with Gasteiger partial charge in [-0.15, -0.1) is 0 Å². The lowest BCUT2D eigenvalue weighted by molar-refractivity contribution is 0.283. The van der Waals surface area contributed by atoms with Gasteiger partial charge < -0.3 is 24.8 Å². The number of nitriles is 1. The molecule has 8 heteroatoms. The third-order valence-corrected chi connectivity index (χ3v) is 7.64. The summed E-state index contributed by atoms with van der Waals surface area (Å²) in [7, 11) is 1.73. The van der Waals surface area contributed by atoms with Gasteiger partial charge in [-0.3, -0.25) is 4.99 Å².